The predicted octanol–water partition coefficient (Wildman–Crippen LogP) is 3.83. The molecule has 0 saturated carbocycles. The highest BCUT2D eigenvalue weighted by Gasteiger charge is 2.32. The zero-order valence-corrected chi connectivity index (χ0v) is 20.0. The SMILES string of the molecule is N[C@H](Cc1c[nH]c2ccccc12)C(=O)N1C[C@@H](CN(C=O)OCc2ccccc2)Cc2ccccc21. The van der Waals surface area contributed by atoms with E-state index in [-0.39, 0.29) is 11.8 Å². The minimum Gasteiger partial charge on any atom is -0.361 e. The van der Waals surface area contributed by atoms with E-state index in [1.165, 1.54) is 5.06 Å². The molecule has 7 heteroatoms. The number of nitrogens with two attached hydrogens (primary N) is 1. The molecule has 0 fully saturated rings. The van der Waals surface area contributed by atoms with E-state index in [9.17, 15) is 9.59 Å². The van der Waals surface area contributed by atoms with Crippen LogP contribution >= 0.6 is 0 Å². The molecule has 5 rings (SSSR count). The van der Waals surface area contributed by atoms with Gasteiger partial charge < -0.3 is 15.6 Å². The quantitative estimate of drug-likeness (QED) is 0.280. The van der Waals surface area contributed by atoms with Gasteiger partial charge in [0.1, 0.15) is 6.61 Å². The zero-order valence-electron chi connectivity index (χ0n) is 20.0. The molecule has 3 N–H and O–H groups in total. The minimum atomic E-state index is -0.687. The summed E-state index contributed by atoms with van der Waals surface area (Å²) in [6.45, 7) is 1.16. The highest BCUT2D eigenvalue weighted by Crippen LogP contribution is 2.31. The van der Waals surface area contributed by atoms with Crippen LogP contribution in [0.2, 0.25) is 0 Å². The van der Waals surface area contributed by atoms with Gasteiger partial charge in [0.05, 0.1) is 12.6 Å². The Kier molecular flexibility index (Phi) is 7.11. The first-order valence-electron chi connectivity index (χ1n) is 12.2. The fourth-order valence-corrected chi connectivity index (χ4v) is 4.95. The van der Waals surface area contributed by atoms with Gasteiger partial charge in [0.25, 0.3) is 0 Å². The topological polar surface area (TPSA) is 91.7 Å². The van der Waals surface area contributed by atoms with E-state index in [0.717, 1.165) is 39.7 Å². The summed E-state index contributed by atoms with van der Waals surface area (Å²) in [6, 6.07) is 24.9. The minimum absolute atomic E-state index is 0.0186. The Balaban J connectivity index is 1.29. The molecule has 0 spiro atoms. The van der Waals surface area contributed by atoms with Crippen LogP contribution in [0.1, 0.15) is 16.7 Å². The molecule has 1 aliphatic heterocycles. The summed E-state index contributed by atoms with van der Waals surface area (Å²) in [5.41, 5.74) is 11.5. The van der Waals surface area contributed by atoms with E-state index < -0.39 is 6.04 Å². The van der Waals surface area contributed by atoms with Crippen LogP contribution in [0.15, 0.2) is 85.1 Å². The van der Waals surface area contributed by atoms with Crippen LogP contribution in [0, 0.1) is 5.92 Å². The second kappa shape index (κ2) is 10.8. The average Bonchev–Trinajstić information content (AvgIpc) is 3.33. The number of amides is 2. The number of para-hydroxylation sites is 2. The number of anilines is 1. The molecule has 0 radical (unpaired) electrons. The van der Waals surface area contributed by atoms with Crippen LogP contribution in [0.25, 0.3) is 10.9 Å². The lowest BCUT2D eigenvalue weighted by atomic mass is 9.91. The van der Waals surface area contributed by atoms with Crippen LogP contribution in [-0.4, -0.2) is 41.5 Å². The molecule has 0 unspecified atom stereocenters. The van der Waals surface area contributed by atoms with Gasteiger partial charge in [-0.3, -0.25) is 14.4 Å². The summed E-state index contributed by atoms with van der Waals surface area (Å²) < 4.78 is 0. The van der Waals surface area contributed by atoms with Crippen LogP contribution in [-0.2, 0) is 33.9 Å². The van der Waals surface area contributed by atoms with Crippen LogP contribution in [0.4, 0.5) is 5.69 Å². The van der Waals surface area contributed by atoms with Crippen molar-refractivity contribution in [3.05, 3.63) is 102 Å². The van der Waals surface area contributed by atoms with Gasteiger partial charge in [0.15, 0.2) is 0 Å². The zero-order chi connectivity index (χ0) is 24.9. The maximum Gasteiger partial charge on any atom is 0.244 e. The number of fused-ring (bicyclic) bond motifs is 2. The summed E-state index contributed by atoms with van der Waals surface area (Å²) in [5.74, 6) is -0.106. The normalized spacial score (nSPS) is 15.9. The summed E-state index contributed by atoms with van der Waals surface area (Å²) in [5, 5.41) is 2.41. The molecule has 4 aromatic rings. The van der Waals surface area contributed by atoms with Gasteiger partial charge in [-0.05, 0) is 41.7 Å². The second-order valence-corrected chi connectivity index (χ2v) is 9.28. The summed E-state index contributed by atoms with van der Waals surface area (Å²) in [7, 11) is 0. The molecule has 2 amide bonds. The van der Waals surface area contributed by atoms with Crippen molar-refractivity contribution in [2.24, 2.45) is 11.7 Å². The van der Waals surface area contributed by atoms with Crippen LogP contribution in [0.3, 0.4) is 0 Å². The van der Waals surface area contributed by atoms with Gasteiger partial charge in [0, 0.05) is 35.2 Å². The lowest BCUT2D eigenvalue weighted by Gasteiger charge is -2.37. The van der Waals surface area contributed by atoms with Crippen LogP contribution in [0.5, 0.6) is 0 Å². The fraction of sp³-hybridized carbons (Fsp3) is 0.241. The molecule has 3 aromatic carbocycles. The van der Waals surface area contributed by atoms with Crippen molar-refractivity contribution in [3.63, 3.8) is 0 Å². The number of hydrogen-bond donors (Lipinski definition) is 2. The van der Waals surface area contributed by atoms with Crippen molar-refractivity contribution in [2.75, 3.05) is 18.0 Å². The molecular weight excluding hydrogens is 452 g/mol. The Hall–Kier alpha value is -3.94. The average molecular weight is 483 g/mol. The van der Waals surface area contributed by atoms with E-state index in [4.69, 9.17) is 10.6 Å². The number of hydroxylamine groups is 2. The lowest BCUT2D eigenvalue weighted by molar-refractivity contribution is -0.181. The Morgan fingerprint density at radius 3 is 2.67 bits per heavy atom. The maximum atomic E-state index is 13.6. The summed E-state index contributed by atoms with van der Waals surface area (Å²) >= 11 is 0. The molecule has 7 nitrogen and oxygen atoms in total. The molecule has 1 aromatic heterocycles. The van der Waals surface area contributed by atoms with E-state index >= 15 is 0 Å². The molecule has 2 heterocycles. The number of aromatic nitrogens is 1. The van der Waals surface area contributed by atoms with Gasteiger partial charge >= 0.3 is 0 Å². The third-order valence-electron chi connectivity index (χ3n) is 6.73. The Morgan fingerprint density at radius 2 is 1.83 bits per heavy atom. The standard InChI is InChI=1S/C29H30N4O3/c30-26(15-24-16-31-27-12-6-5-11-25(24)27)29(35)33-18-22(14-23-10-4-7-13-28(23)33)17-32(20-34)36-19-21-8-2-1-3-9-21/h1-13,16,20,22,26,31H,14-15,17-19,30H2/t22-,26-/m1/s1. The predicted molar refractivity (Wildman–Crippen MR) is 140 cm³/mol. The van der Waals surface area contributed by atoms with Crippen molar-refractivity contribution in [2.45, 2.75) is 25.5 Å². The first-order valence-corrected chi connectivity index (χ1v) is 12.2. The number of rotatable bonds is 9. The third-order valence-corrected chi connectivity index (χ3v) is 6.73. The number of H-pyrrole nitrogens is 1. The third kappa shape index (κ3) is 5.17. The van der Waals surface area contributed by atoms with E-state index in [1.54, 1.807) is 4.90 Å². The fourth-order valence-electron chi connectivity index (χ4n) is 4.95. The molecule has 1 aliphatic rings. The van der Waals surface area contributed by atoms with Crippen molar-refractivity contribution < 1.29 is 14.4 Å². The largest absolute Gasteiger partial charge is 0.361 e. The van der Waals surface area contributed by atoms with Gasteiger partial charge in [-0.2, -0.15) is 0 Å². The van der Waals surface area contributed by atoms with E-state index in [1.807, 2.05) is 85.1 Å². The maximum absolute atomic E-state index is 13.6. The molecule has 184 valence electrons. The van der Waals surface area contributed by atoms with E-state index in [2.05, 4.69) is 4.98 Å². The molecular formula is C29H30N4O3. The van der Waals surface area contributed by atoms with Gasteiger partial charge in [-0.15, -0.1) is 0 Å². The van der Waals surface area contributed by atoms with E-state index in [0.29, 0.717) is 32.5 Å². The Morgan fingerprint density at radius 1 is 1.08 bits per heavy atom. The van der Waals surface area contributed by atoms with Gasteiger partial charge in [0.2, 0.25) is 12.3 Å². The molecule has 0 aliphatic carbocycles. The molecule has 36 heavy (non-hydrogen) atoms. The first-order chi connectivity index (χ1) is 17.6. The summed E-state index contributed by atoms with van der Waals surface area (Å²) in [6.07, 6.45) is 3.82. The van der Waals surface area contributed by atoms with Crippen molar-refractivity contribution in [1.82, 2.24) is 10.0 Å². The number of aromatic amines is 1. The number of hydrogen-bond acceptors (Lipinski definition) is 4. The van der Waals surface area contributed by atoms with Crippen LogP contribution < -0.4 is 10.6 Å². The highest BCUT2D eigenvalue weighted by atomic mass is 16.7. The number of carbonyl (C=O) groups excluding carboxylic acids is 2. The van der Waals surface area contributed by atoms with Crippen molar-refractivity contribution >= 4 is 28.9 Å². The first kappa shape index (κ1) is 23.8. The number of nitrogens with one attached hydrogen (secondary N) is 1. The van der Waals surface area contributed by atoms with Gasteiger partial charge in [-0.1, -0.05) is 66.7 Å². The smallest absolute Gasteiger partial charge is 0.244 e. The van der Waals surface area contributed by atoms with Crippen molar-refractivity contribution in [3.8, 4) is 0 Å². The lowest BCUT2D eigenvalue weighted by Crippen LogP contribution is -2.50. The van der Waals surface area contributed by atoms with Crippen molar-refractivity contribution in [1.29, 1.82) is 0 Å². The highest BCUT2D eigenvalue weighted by molar-refractivity contribution is 5.98. The monoisotopic (exact) mass is 482 g/mol. The second-order valence-electron chi connectivity index (χ2n) is 9.28. The van der Waals surface area contributed by atoms with Gasteiger partial charge in [-0.25, -0.2) is 5.06 Å². The Labute approximate surface area is 210 Å². The Bertz CT molecular complexity index is 1340. The molecule has 0 saturated heterocycles. The number of nitrogens with zero attached hydrogens (tertiary/aromatic N) is 2. The molecule has 2 atom stereocenters. The molecule has 0 bridgehead atoms. The summed E-state index contributed by atoms with van der Waals surface area (Å²) in [4.78, 5) is 36.2. The number of benzene rings is 3. The number of carbonyl (C=O) groups is 2.